The molecule has 0 aromatic carbocycles. The number of carbonyl (C=O) groups excluding carboxylic acids is 1. The third-order valence-electron chi connectivity index (χ3n) is 3.21. The van der Waals surface area contributed by atoms with E-state index in [0.29, 0.717) is 31.2 Å². The standard InChI is InChI=1S/C13H19N3O2/c1-18-5-4-16-9-10(7-13(16)17)6-12-3-2-11(14)8-15-12/h2-3,8,10H,4-7,9,14H2,1H3/t10-/m1/s1. The van der Waals surface area contributed by atoms with Gasteiger partial charge in [0.1, 0.15) is 0 Å². The van der Waals surface area contributed by atoms with Gasteiger partial charge in [-0.05, 0) is 24.5 Å². The average molecular weight is 249 g/mol. The van der Waals surface area contributed by atoms with Gasteiger partial charge in [-0.3, -0.25) is 9.78 Å². The number of ether oxygens (including phenoxy) is 1. The molecule has 1 aliphatic heterocycles. The third kappa shape index (κ3) is 3.20. The van der Waals surface area contributed by atoms with Crippen LogP contribution in [0.15, 0.2) is 18.3 Å². The fourth-order valence-electron chi connectivity index (χ4n) is 2.26. The molecule has 2 heterocycles. The van der Waals surface area contributed by atoms with E-state index in [1.54, 1.807) is 13.3 Å². The van der Waals surface area contributed by atoms with E-state index in [1.807, 2.05) is 17.0 Å². The lowest BCUT2D eigenvalue weighted by atomic mass is 10.0. The minimum absolute atomic E-state index is 0.215. The van der Waals surface area contributed by atoms with Gasteiger partial charge in [-0.2, -0.15) is 0 Å². The second kappa shape index (κ2) is 5.82. The van der Waals surface area contributed by atoms with E-state index in [2.05, 4.69) is 4.98 Å². The van der Waals surface area contributed by atoms with Gasteiger partial charge in [0.2, 0.25) is 5.91 Å². The molecule has 1 fully saturated rings. The van der Waals surface area contributed by atoms with Crippen LogP contribution in [0, 0.1) is 5.92 Å². The number of methoxy groups -OCH3 is 1. The predicted molar refractivity (Wildman–Crippen MR) is 68.9 cm³/mol. The molecule has 0 spiro atoms. The molecule has 1 atom stereocenters. The molecule has 2 N–H and O–H groups in total. The van der Waals surface area contributed by atoms with Crippen molar-refractivity contribution in [2.75, 3.05) is 32.5 Å². The van der Waals surface area contributed by atoms with Crippen molar-refractivity contribution in [3.05, 3.63) is 24.0 Å². The molecule has 1 saturated heterocycles. The summed E-state index contributed by atoms with van der Waals surface area (Å²) in [7, 11) is 1.65. The highest BCUT2D eigenvalue weighted by atomic mass is 16.5. The summed E-state index contributed by atoms with van der Waals surface area (Å²) >= 11 is 0. The van der Waals surface area contributed by atoms with Crippen LogP contribution < -0.4 is 5.73 Å². The number of likely N-dealkylation sites (tertiary alicyclic amines) is 1. The van der Waals surface area contributed by atoms with Crippen molar-refractivity contribution >= 4 is 11.6 Å². The molecule has 5 heteroatoms. The zero-order valence-electron chi connectivity index (χ0n) is 10.6. The van der Waals surface area contributed by atoms with Gasteiger partial charge >= 0.3 is 0 Å². The van der Waals surface area contributed by atoms with Gasteiger partial charge < -0.3 is 15.4 Å². The number of carbonyl (C=O) groups is 1. The van der Waals surface area contributed by atoms with E-state index in [0.717, 1.165) is 18.7 Å². The van der Waals surface area contributed by atoms with Crippen LogP contribution in [0.3, 0.4) is 0 Å². The maximum Gasteiger partial charge on any atom is 0.223 e. The lowest BCUT2D eigenvalue weighted by Gasteiger charge is -2.15. The quantitative estimate of drug-likeness (QED) is 0.834. The number of aromatic nitrogens is 1. The van der Waals surface area contributed by atoms with Crippen LogP contribution in [0.5, 0.6) is 0 Å². The van der Waals surface area contributed by atoms with Gasteiger partial charge in [0.15, 0.2) is 0 Å². The summed E-state index contributed by atoms with van der Waals surface area (Å²) in [6, 6.07) is 3.78. The molecule has 2 rings (SSSR count). The first kappa shape index (κ1) is 12.8. The highest BCUT2D eigenvalue weighted by Crippen LogP contribution is 2.21. The molecule has 5 nitrogen and oxygen atoms in total. The van der Waals surface area contributed by atoms with Gasteiger partial charge in [0.05, 0.1) is 18.5 Å². The van der Waals surface area contributed by atoms with Crippen molar-refractivity contribution < 1.29 is 9.53 Å². The number of hydrogen-bond acceptors (Lipinski definition) is 4. The van der Waals surface area contributed by atoms with Crippen LogP contribution in [0.25, 0.3) is 0 Å². The topological polar surface area (TPSA) is 68.5 Å². The number of nitrogen functional groups attached to an aromatic ring is 1. The molecule has 0 unspecified atom stereocenters. The molecule has 0 aliphatic carbocycles. The number of nitrogens with two attached hydrogens (primary N) is 1. The van der Waals surface area contributed by atoms with Crippen LogP contribution in [0.1, 0.15) is 12.1 Å². The summed E-state index contributed by atoms with van der Waals surface area (Å²) in [6.07, 6.45) is 3.10. The fraction of sp³-hybridized carbons (Fsp3) is 0.538. The van der Waals surface area contributed by atoms with Crippen molar-refractivity contribution in [1.29, 1.82) is 0 Å². The van der Waals surface area contributed by atoms with Crippen molar-refractivity contribution in [2.24, 2.45) is 5.92 Å². The Kier molecular flexibility index (Phi) is 4.15. The number of rotatable bonds is 5. The second-order valence-electron chi connectivity index (χ2n) is 4.69. The maximum absolute atomic E-state index is 11.8. The van der Waals surface area contributed by atoms with Gasteiger partial charge in [0.25, 0.3) is 0 Å². The van der Waals surface area contributed by atoms with E-state index in [9.17, 15) is 4.79 Å². The van der Waals surface area contributed by atoms with E-state index in [1.165, 1.54) is 0 Å². The molecule has 0 bridgehead atoms. The fourth-order valence-corrected chi connectivity index (χ4v) is 2.26. The summed E-state index contributed by atoms with van der Waals surface area (Å²) in [5.41, 5.74) is 7.26. The van der Waals surface area contributed by atoms with E-state index < -0.39 is 0 Å². The van der Waals surface area contributed by atoms with Crippen LogP contribution in [0.4, 0.5) is 5.69 Å². The first-order valence-corrected chi connectivity index (χ1v) is 6.16. The third-order valence-corrected chi connectivity index (χ3v) is 3.21. The number of anilines is 1. The van der Waals surface area contributed by atoms with Crippen LogP contribution in [-0.4, -0.2) is 42.6 Å². The molecule has 98 valence electrons. The Morgan fingerprint density at radius 2 is 2.39 bits per heavy atom. The Morgan fingerprint density at radius 1 is 1.56 bits per heavy atom. The van der Waals surface area contributed by atoms with Crippen molar-refractivity contribution in [3.63, 3.8) is 0 Å². The van der Waals surface area contributed by atoms with Crippen molar-refractivity contribution in [3.8, 4) is 0 Å². The van der Waals surface area contributed by atoms with Crippen molar-refractivity contribution in [1.82, 2.24) is 9.88 Å². The SMILES string of the molecule is COCCN1C[C@H](Cc2ccc(N)cn2)CC1=O. The minimum atomic E-state index is 0.215. The summed E-state index contributed by atoms with van der Waals surface area (Å²) in [5.74, 6) is 0.568. The highest BCUT2D eigenvalue weighted by Gasteiger charge is 2.29. The van der Waals surface area contributed by atoms with Gasteiger partial charge in [-0.1, -0.05) is 0 Å². The first-order chi connectivity index (χ1) is 8.69. The highest BCUT2D eigenvalue weighted by molar-refractivity contribution is 5.78. The number of pyridine rings is 1. The van der Waals surface area contributed by atoms with Gasteiger partial charge in [-0.15, -0.1) is 0 Å². The molecule has 1 aromatic heterocycles. The molecule has 18 heavy (non-hydrogen) atoms. The van der Waals surface area contributed by atoms with Gasteiger partial charge in [-0.25, -0.2) is 0 Å². The smallest absolute Gasteiger partial charge is 0.223 e. The van der Waals surface area contributed by atoms with Crippen molar-refractivity contribution in [2.45, 2.75) is 12.8 Å². The molecule has 0 saturated carbocycles. The van der Waals surface area contributed by atoms with E-state index in [-0.39, 0.29) is 5.91 Å². The molecular weight excluding hydrogens is 230 g/mol. The number of hydrogen-bond donors (Lipinski definition) is 1. The Bertz CT molecular complexity index is 405. The lowest BCUT2D eigenvalue weighted by Crippen LogP contribution is -2.28. The molecule has 1 aromatic rings. The molecule has 1 amide bonds. The second-order valence-corrected chi connectivity index (χ2v) is 4.69. The lowest BCUT2D eigenvalue weighted by molar-refractivity contribution is -0.128. The van der Waals surface area contributed by atoms with E-state index >= 15 is 0 Å². The summed E-state index contributed by atoms with van der Waals surface area (Å²) in [4.78, 5) is 17.9. The molecular formula is C13H19N3O2. The Balaban J connectivity index is 1.88. The number of amides is 1. The molecule has 0 radical (unpaired) electrons. The van der Waals surface area contributed by atoms with Crippen LogP contribution in [-0.2, 0) is 16.0 Å². The maximum atomic E-state index is 11.8. The zero-order valence-corrected chi connectivity index (χ0v) is 10.6. The normalized spacial score (nSPS) is 19.5. The zero-order chi connectivity index (χ0) is 13.0. The van der Waals surface area contributed by atoms with Crippen LogP contribution >= 0.6 is 0 Å². The Labute approximate surface area is 107 Å². The van der Waals surface area contributed by atoms with E-state index in [4.69, 9.17) is 10.5 Å². The predicted octanol–water partition coefficient (Wildman–Crippen LogP) is 0.701. The average Bonchev–Trinajstić information content (AvgIpc) is 2.70. The molecule has 1 aliphatic rings. The van der Waals surface area contributed by atoms with Gasteiger partial charge in [0, 0.05) is 32.3 Å². The first-order valence-electron chi connectivity index (χ1n) is 6.16. The minimum Gasteiger partial charge on any atom is -0.397 e. The Morgan fingerprint density at radius 3 is 3.06 bits per heavy atom. The number of nitrogens with zero attached hydrogens (tertiary/aromatic N) is 2. The van der Waals surface area contributed by atoms with Crippen LogP contribution in [0.2, 0.25) is 0 Å². The Hall–Kier alpha value is -1.62. The summed E-state index contributed by atoms with van der Waals surface area (Å²) < 4.78 is 5.00. The summed E-state index contributed by atoms with van der Waals surface area (Å²) in [5, 5.41) is 0. The largest absolute Gasteiger partial charge is 0.397 e. The summed E-state index contributed by atoms with van der Waals surface area (Å²) in [6.45, 7) is 2.08. The monoisotopic (exact) mass is 249 g/mol.